The predicted octanol–water partition coefficient (Wildman–Crippen LogP) is 11.1. The number of allylic oxidation sites excluding steroid dienone is 1. The fraction of sp³-hybridized carbons (Fsp3) is 0.875. The molecule has 0 spiro atoms. The Bertz CT molecular complexity index is 778. The largest absolute Gasteiger partial charge is 0.462 e. The van der Waals surface area contributed by atoms with Crippen molar-refractivity contribution in [1.29, 1.82) is 0 Å². The lowest BCUT2D eigenvalue weighted by molar-refractivity contribution is -0.150. The van der Waals surface area contributed by atoms with Crippen LogP contribution < -0.4 is 0 Å². The third-order valence-electron chi connectivity index (χ3n) is 8.68. The van der Waals surface area contributed by atoms with Crippen molar-refractivity contribution in [3.63, 3.8) is 0 Å². The Morgan fingerprint density at radius 3 is 1.73 bits per heavy atom. The Hall–Kier alpha value is -1.54. The highest BCUT2D eigenvalue weighted by Crippen LogP contribution is 2.18. The van der Waals surface area contributed by atoms with Gasteiger partial charge in [-0.3, -0.25) is 14.4 Å². The van der Waals surface area contributed by atoms with Crippen molar-refractivity contribution in [2.45, 2.75) is 181 Å². The quantitative estimate of drug-likeness (QED) is 0.0376. The van der Waals surface area contributed by atoms with E-state index in [0.29, 0.717) is 32.5 Å². The van der Waals surface area contributed by atoms with Gasteiger partial charge in [-0.1, -0.05) is 122 Å². The summed E-state index contributed by atoms with van der Waals surface area (Å²) < 4.78 is 11.3. The third-order valence-corrected chi connectivity index (χ3v) is 9.57. The molecule has 0 aliphatic rings. The number of hydrogen-bond acceptors (Lipinski definition) is 7. The maximum Gasteiger partial charge on any atom is 0.306 e. The Kier molecular flexibility index (Phi) is 34.2. The van der Waals surface area contributed by atoms with Crippen molar-refractivity contribution in [2.75, 3.05) is 46.1 Å². The number of unbranched alkanes of at least 4 members (excludes halogenated alkanes) is 15. The van der Waals surface area contributed by atoms with Crippen LogP contribution in [0, 0.1) is 0 Å². The summed E-state index contributed by atoms with van der Waals surface area (Å²) in [7, 11) is 4.03. The van der Waals surface area contributed by atoms with E-state index in [4.69, 9.17) is 9.47 Å². The summed E-state index contributed by atoms with van der Waals surface area (Å²) in [5.41, 5.74) is 0. The lowest BCUT2D eigenvalue weighted by atomic mass is 10.0. The van der Waals surface area contributed by atoms with E-state index in [0.717, 1.165) is 76.5 Å². The Morgan fingerprint density at radius 2 is 1.12 bits per heavy atom. The van der Waals surface area contributed by atoms with Gasteiger partial charge in [-0.25, -0.2) is 0 Å². The molecule has 0 atom stereocenters. The number of carbonyl (C=O) groups is 3. The van der Waals surface area contributed by atoms with Crippen LogP contribution in [0.4, 0.5) is 4.79 Å². The molecule has 0 aromatic heterocycles. The summed E-state index contributed by atoms with van der Waals surface area (Å²) in [6.07, 6.45) is 29.1. The van der Waals surface area contributed by atoms with Crippen molar-refractivity contribution in [3.05, 3.63) is 12.2 Å². The monoisotopic (exact) mass is 697 g/mol. The molecule has 0 aromatic carbocycles. The third kappa shape index (κ3) is 31.7. The zero-order valence-electron chi connectivity index (χ0n) is 32.1. The number of esters is 2. The number of ether oxygens (including phenoxy) is 2. The topological polar surface area (TPSA) is 76.1 Å². The van der Waals surface area contributed by atoms with Gasteiger partial charge in [-0.05, 0) is 78.3 Å². The van der Waals surface area contributed by atoms with Crippen LogP contribution in [0.5, 0.6) is 0 Å². The Labute approximate surface area is 301 Å². The van der Waals surface area contributed by atoms with Gasteiger partial charge in [-0.15, -0.1) is 0 Å². The molecule has 0 radical (unpaired) electrons. The fourth-order valence-corrected chi connectivity index (χ4v) is 6.56. The van der Waals surface area contributed by atoms with Gasteiger partial charge < -0.3 is 19.3 Å². The lowest BCUT2D eigenvalue weighted by Crippen LogP contribution is -2.31. The second kappa shape index (κ2) is 35.3. The molecule has 48 heavy (non-hydrogen) atoms. The molecule has 282 valence electrons. The molecule has 0 bridgehead atoms. The van der Waals surface area contributed by atoms with Gasteiger partial charge in [0, 0.05) is 38.2 Å². The SMILES string of the molecule is CCCCCC/C=C\COC(=O)CCCCCN(CCCCC(=O)OC(CCCCCCC)CCCCCCC)C(=O)SCCN(C)C. The fourth-order valence-electron chi connectivity index (χ4n) is 5.57. The van der Waals surface area contributed by atoms with Crippen molar-refractivity contribution in [2.24, 2.45) is 0 Å². The minimum atomic E-state index is -0.153. The first-order valence-electron chi connectivity index (χ1n) is 19.9. The highest BCUT2D eigenvalue weighted by molar-refractivity contribution is 8.13. The lowest BCUT2D eigenvalue weighted by Gasteiger charge is -2.23. The molecule has 0 fully saturated rings. The van der Waals surface area contributed by atoms with Crippen LogP contribution in [-0.2, 0) is 19.1 Å². The summed E-state index contributed by atoms with van der Waals surface area (Å²) in [5.74, 6) is 0.515. The molecule has 0 unspecified atom stereocenters. The van der Waals surface area contributed by atoms with Gasteiger partial charge in [0.1, 0.15) is 12.7 Å². The van der Waals surface area contributed by atoms with E-state index in [2.05, 4.69) is 31.7 Å². The van der Waals surface area contributed by atoms with E-state index in [9.17, 15) is 14.4 Å². The summed E-state index contributed by atoms with van der Waals surface area (Å²) in [5, 5.41) is 0.103. The minimum Gasteiger partial charge on any atom is -0.462 e. The standard InChI is InChI=1S/C40H76N2O5S/c1-6-9-12-15-16-19-27-35-46-38(43)30-23-20-25-32-42(40(45)48-36-34-41(4)5)33-26-24-31-39(44)47-37(28-21-17-13-10-7-2)29-22-18-14-11-8-3/h19,27,37H,6-18,20-26,28-36H2,1-5H3/b27-19-. The average molecular weight is 697 g/mol. The first-order chi connectivity index (χ1) is 23.3. The summed E-state index contributed by atoms with van der Waals surface area (Å²) in [6, 6.07) is 0. The second-order valence-electron chi connectivity index (χ2n) is 13.7. The van der Waals surface area contributed by atoms with E-state index in [-0.39, 0.29) is 23.3 Å². The van der Waals surface area contributed by atoms with Crippen LogP contribution in [-0.4, -0.2) is 79.2 Å². The van der Waals surface area contributed by atoms with Crippen LogP contribution >= 0.6 is 11.8 Å². The first-order valence-corrected chi connectivity index (χ1v) is 20.9. The predicted molar refractivity (Wildman–Crippen MR) is 206 cm³/mol. The molecule has 8 heteroatoms. The molecule has 0 aromatic rings. The Morgan fingerprint density at radius 1 is 0.604 bits per heavy atom. The average Bonchev–Trinajstić information content (AvgIpc) is 3.06. The number of nitrogens with zero attached hydrogens (tertiary/aromatic N) is 2. The zero-order valence-corrected chi connectivity index (χ0v) is 32.9. The molecule has 0 aliphatic carbocycles. The number of hydrogen-bond donors (Lipinski definition) is 0. The van der Waals surface area contributed by atoms with Crippen molar-refractivity contribution < 1.29 is 23.9 Å². The molecule has 0 heterocycles. The second-order valence-corrected chi connectivity index (χ2v) is 14.7. The summed E-state index contributed by atoms with van der Waals surface area (Å²) in [6.45, 7) is 9.20. The molecule has 7 nitrogen and oxygen atoms in total. The highest BCUT2D eigenvalue weighted by atomic mass is 32.2. The number of rotatable bonds is 34. The van der Waals surface area contributed by atoms with Crippen molar-refractivity contribution in [1.82, 2.24) is 9.80 Å². The summed E-state index contributed by atoms with van der Waals surface area (Å²) >= 11 is 1.37. The van der Waals surface area contributed by atoms with E-state index < -0.39 is 0 Å². The molecular weight excluding hydrogens is 621 g/mol. The van der Waals surface area contributed by atoms with Crippen LogP contribution in [0.2, 0.25) is 0 Å². The van der Waals surface area contributed by atoms with Crippen LogP contribution in [0.15, 0.2) is 12.2 Å². The molecule has 0 saturated carbocycles. The van der Waals surface area contributed by atoms with Crippen LogP contribution in [0.3, 0.4) is 0 Å². The van der Waals surface area contributed by atoms with Gasteiger partial charge in [0.15, 0.2) is 0 Å². The van der Waals surface area contributed by atoms with Crippen LogP contribution in [0.1, 0.15) is 175 Å². The van der Waals surface area contributed by atoms with Crippen LogP contribution in [0.25, 0.3) is 0 Å². The molecule has 0 rings (SSSR count). The number of amides is 1. The van der Waals surface area contributed by atoms with E-state index in [1.54, 1.807) is 0 Å². The molecule has 1 amide bonds. The minimum absolute atomic E-state index is 0.0426. The maximum absolute atomic E-state index is 13.0. The molecule has 0 N–H and O–H groups in total. The maximum atomic E-state index is 13.0. The van der Waals surface area contributed by atoms with Gasteiger partial charge in [0.2, 0.25) is 0 Å². The molecular formula is C40H76N2O5S. The first kappa shape index (κ1) is 46.5. The van der Waals surface area contributed by atoms with E-state index in [1.165, 1.54) is 88.8 Å². The summed E-state index contributed by atoms with van der Waals surface area (Å²) in [4.78, 5) is 42.0. The Balaban J connectivity index is 4.56. The van der Waals surface area contributed by atoms with Gasteiger partial charge in [0.25, 0.3) is 5.24 Å². The van der Waals surface area contributed by atoms with Gasteiger partial charge in [-0.2, -0.15) is 0 Å². The highest BCUT2D eigenvalue weighted by Gasteiger charge is 2.17. The smallest absolute Gasteiger partial charge is 0.306 e. The van der Waals surface area contributed by atoms with Gasteiger partial charge >= 0.3 is 11.9 Å². The molecule has 0 aliphatic heterocycles. The number of thioether (sulfide) groups is 1. The van der Waals surface area contributed by atoms with Gasteiger partial charge in [0.05, 0.1) is 0 Å². The zero-order chi connectivity index (χ0) is 35.5. The van der Waals surface area contributed by atoms with Crippen molar-refractivity contribution >= 4 is 28.9 Å². The normalized spacial score (nSPS) is 11.6. The number of carbonyl (C=O) groups excluding carboxylic acids is 3. The van der Waals surface area contributed by atoms with E-state index >= 15 is 0 Å². The van der Waals surface area contributed by atoms with Crippen molar-refractivity contribution in [3.8, 4) is 0 Å². The molecule has 0 saturated heterocycles. The van der Waals surface area contributed by atoms with E-state index in [1.807, 2.05) is 25.1 Å².